The lowest BCUT2D eigenvalue weighted by Crippen LogP contribution is -2.21. The molecule has 1 aromatic heterocycles. The molecule has 0 radical (unpaired) electrons. The van der Waals surface area contributed by atoms with Crippen molar-refractivity contribution in [2.45, 2.75) is 13.8 Å². The van der Waals surface area contributed by atoms with Gasteiger partial charge in [0.25, 0.3) is 0 Å². The van der Waals surface area contributed by atoms with E-state index in [-0.39, 0.29) is 12.5 Å². The molecule has 106 valence electrons. The van der Waals surface area contributed by atoms with Gasteiger partial charge in [0, 0.05) is 11.8 Å². The maximum atomic E-state index is 11.7. The second kappa shape index (κ2) is 6.60. The molecule has 1 heterocycles. The van der Waals surface area contributed by atoms with Gasteiger partial charge < -0.3 is 19.9 Å². The summed E-state index contributed by atoms with van der Waals surface area (Å²) in [5, 5.41) is 9.39. The van der Waals surface area contributed by atoms with Gasteiger partial charge in [-0.3, -0.25) is 4.79 Å². The number of nitrogens with one attached hydrogen (secondary N) is 2. The molecule has 0 aliphatic rings. The summed E-state index contributed by atoms with van der Waals surface area (Å²) >= 11 is 0. The van der Waals surface area contributed by atoms with Crippen LogP contribution >= 0.6 is 0 Å². The molecule has 6 heteroatoms. The highest BCUT2D eigenvalue weighted by Gasteiger charge is 2.05. The third-order valence-electron chi connectivity index (χ3n) is 2.51. The topological polar surface area (TPSA) is 76.4 Å². The Morgan fingerprint density at radius 3 is 2.70 bits per heavy atom. The van der Waals surface area contributed by atoms with Crippen LogP contribution in [0.5, 0.6) is 5.75 Å². The average molecular weight is 275 g/mol. The van der Waals surface area contributed by atoms with Crippen LogP contribution in [0, 0.1) is 6.92 Å². The van der Waals surface area contributed by atoms with Crippen molar-refractivity contribution in [3.8, 4) is 5.75 Å². The summed E-state index contributed by atoms with van der Waals surface area (Å²) < 4.78 is 10.2. The third-order valence-corrected chi connectivity index (χ3v) is 2.51. The molecule has 0 aliphatic carbocycles. The molecule has 0 spiro atoms. The molecule has 6 nitrogen and oxygen atoms in total. The third kappa shape index (κ3) is 4.01. The quantitative estimate of drug-likeness (QED) is 0.846. The molecule has 0 unspecified atom stereocenters. The Bertz CT molecular complexity index is 563. The van der Waals surface area contributed by atoms with Crippen molar-refractivity contribution in [3.05, 3.63) is 36.1 Å². The Kier molecular flexibility index (Phi) is 4.60. The number of rotatable bonds is 6. The summed E-state index contributed by atoms with van der Waals surface area (Å²) in [5.74, 6) is 1.86. The number of hydrogen-bond acceptors (Lipinski definition) is 5. The molecule has 0 atom stereocenters. The number of aromatic nitrogens is 1. The number of ether oxygens (including phenoxy) is 1. The molecule has 2 aromatic rings. The van der Waals surface area contributed by atoms with Crippen LogP contribution in [0.4, 0.5) is 11.5 Å². The Morgan fingerprint density at radius 2 is 2.10 bits per heavy atom. The van der Waals surface area contributed by atoms with E-state index in [9.17, 15) is 4.79 Å². The standard InChI is InChI=1S/C14H17N3O3/c1-3-19-12-6-4-11(5-7-12)16-14(18)9-15-13-8-10(2)20-17-13/h4-8H,3,9H2,1-2H3,(H,15,17)(H,16,18). The van der Waals surface area contributed by atoms with Crippen molar-refractivity contribution >= 4 is 17.4 Å². The molecule has 0 saturated carbocycles. The summed E-state index contributed by atoms with van der Waals surface area (Å²) in [6.45, 7) is 4.46. The van der Waals surface area contributed by atoms with Crippen LogP contribution in [0.1, 0.15) is 12.7 Å². The number of anilines is 2. The SMILES string of the molecule is CCOc1ccc(NC(=O)CNc2cc(C)on2)cc1. The van der Waals surface area contributed by atoms with E-state index >= 15 is 0 Å². The van der Waals surface area contributed by atoms with Crippen molar-refractivity contribution in [2.24, 2.45) is 0 Å². The molecular weight excluding hydrogens is 258 g/mol. The van der Waals surface area contributed by atoms with Crippen LogP contribution in [0.25, 0.3) is 0 Å². The van der Waals surface area contributed by atoms with E-state index in [0.29, 0.717) is 18.2 Å². The molecule has 0 fully saturated rings. The van der Waals surface area contributed by atoms with E-state index < -0.39 is 0 Å². The van der Waals surface area contributed by atoms with E-state index in [1.54, 1.807) is 25.1 Å². The predicted octanol–water partition coefficient (Wildman–Crippen LogP) is 2.43. The first kappa shape index (κ1) is 13.9. The number of amides is 1. The summed E-state index contributed by atoms with van der Waals surface area (Å²) in [5.41, 5.74) is 0.719. The highest BCUT2D eigenvalue weighted by Crippen LogP contribution is 2.15. The first-order chi connectivity index (χ1) is 9.67. The Morgan fingerprint density at radius 1 is 1.35 bits per heavy atom. The number of nitrogens with zero attached hydrogens (tertiary/aromatic N) is 1. The lowest BCUT2D eigenvalue weighted by atomic mass is 10.3. The average Bonchev–Trinajstić information content (AvgIpc) is 2.85. The second-order valence-corrected chi connectivity index (χ2v) is 4.18. The molecule has 2 N–H and O–H groups in total. The van der Waals surface area contributed by atoms with Crippen molar-refractivity contribution in [1.29, 1.82) is 0 Å². The van der Waals surface area contributed by atoms with Gasteiger partial charge in [0.15, 0.2) is 5.82 Å². The van der Waals surface area contributed by atoms with Gasteiger partial charge >= 0.3 is 0 Å². The van der Waals surface area contributed by atoms with Crippen LogP contribution in [-0.2, 0) is 4.79 Å². The van der Waals surface area contributed by atoms with Crippen LogP contribution < -0.4 is 15.4 Å². The smallest absolute Gasteiger partial charge is 0.243 e. The maximum Gasteiger partial charge on any atom is 0.243 e. The first-order valence-electron chi connectivity index (χ1n) is 6.37. The van der Waals surface area contributed by atoms with Crippen LogP contribution in [0.15, 0.2) is 34.9 Å². The van der Waals surface area contributed by atoms with E-state index in [1.807, 2.05) is 19.1 Å². The minimum Gasteiger partial charge on any atom is -0.494 e. The zero-order chi connectivity index (χ0) is 14.4. The molecule has 0 saturated heterocycles. The zero-order valence-electron chi connectivity index (χ0n) is 11.5. The minimum atomic E-state index is -0.158. The van der Waals surface area contributed by atoms with Crippen LogP contribution in [0.2, 0.25) is 0 Å². The van der Waals surface area contributed by atoms with Gasteiger partial charge in [0.05, 0.1) is 13.2 Å². The fourth-order valence-corrected chi connectivity index (χ4v) is 1.63. The zero-order valence-corrected chi connectivity index (χ0v) is 11.5. The molecule has 0 bridgehead atoms. The summed E-state index contributed by atoms with van der Waals surface area (Å²) in [6, 6.07) is 8.94. The number of carbonyl (C=O) groups is 1. The van der Waals surface area contributed by atoms with E-state index in [1.165, 1.54) is 0 Å². The van der Waals surface area contributed by atoms with Gasteiger partial charge in [0.2, 0.25) is 5.91 Å². The molecule has 2 rings (SSSR count). The lowest BCUT2D eigenvalue weighted by Gasteiger charge is -2.07. The number of benzene rings is 1. The monoisotopic (exact) mass is 275 g/mol. The van der Waals surface area contributed by atoms with Gasteiger partial charge in [0.1, 0.15) is 11.5 Å². The number of carbonyl (C=O) groups excluding carboxylic acids is 1. The molecule has 1 amide bonds. The van der Waals surface area contributed by atoms with Gasteiger partial charge in [-0.25, -0.2) is 0 Å². The first-order valence-corrected chi connectivity index (χ1v) is 6.37. The maximum absolute atomic E-state index is 11.7. The summed E-state index contributed by atoms with van der Waals surface area (Å²) in [6.07, 6.45) is 0. The number of aryl methyl sites for hydroxylation is 1. The second-order valence-electron chi connectivity index (χ2n) is 4.18. The van der Waals surface area contributed by atoms with Crippen molar-refractivity contribution in [1.82, 2.24) is 5.16 Å². The highest BCUT2D eigenvalue weighted by atomic mass is 16.5. The predicted molar refractivity (Wildman–Crippen MR) is 76.0 cm³/mol. The Balaban J connectivity index is 1.81. The number of hydrogen-bond donors (Lipinski definition) is 2. The Hall–Kier alpha value is -2.50. The fourth-order valence-electron chi connectivity index (χ4n) is 1.63. The van der Waals surface area contributed by atoms with Gasteiger partial charge in [-0.15, -0.1) is 0 Å². The molecule has 1 aromatic carbocycles. The normalized spacial score (nSPS) is 10.1. The molecule has 20 heavy (non-hydrogen) atoms. The Labute approximate surface area is 117 Å². The van der Waals surface area contributed by atoms with Crippen molar-refractivity contribution < 1.29 is 14.1 Å². The van der Waals surface area contributed by atoms with E-state index in [2.05, 4.69) is 15.8 Å². The van der Waals surface area contributed by atoms with Crippen molar-refractivity contribution in [3.63, 3.8) is 0 Å². The summed E-state index contributed by atoms with van der Waals surface area (Å²) in [7, 11) is 0. The van der Waals surface area contributed by atoms with E-state index in [4.69, 9.17) is 9.26 Å². The highest BCUT2D eigenvalue weighted by molar-refractivity contribution is 5.93. The van der Waals surface area contributed by atoms with Gasteiger partial charge in [-0.2, -0.15) is 0 Å². The molecule has 0 aliphatic heterocycles. The summed E-state index contributed by atoms with van der Waals surface area (Å²) in [4.78, 5) is 11.7. The van der Waals surface area contributed by atoms with Crippen LogP contribution in [0.3, 0.4) is 0 Å². The minimum absolute atomic E-state index is 0.124. The lowest BCUT2D eigenvalue weighted by molar-refractivity contribution is -0.114. The van der Waals surface area contributed by atoms with Crippen molar-refractivity contribution in [2.75, 3.05) is 23.8 Å². The molecular formula is C14H17N3O3. The van der Waals surface area contributed by atoms with E-state index in [0.717, 1.165) is 11.4 Å². The fraction of sp³-hybridized carbons (Fsp3) is 0.286. The van der Waals surface area contributed by atoms with Gasteiger partial charge in [-0.1, -0.05) is 5.16 Å². The van der Waals surface area contributed by atoms with Gasteiger partial charge in [-0.05, 0) is 38.1 Å². The van der Waals surface area contributed by atoms with Crippen LogP contribution in [-0.4, -0.2) is 24.2 Å². The largest absolute Gasteiger partial charge is 0.494 e.